The Kier molecular flexibility index (Phi) is 8.13. The van der Waals surface area contributed by atoms with Crippen LogP contribution in [0, 0.1) is 5.92 Å². The van der Waals surface area contributed by atoms with E-state index < -0.39 is 11.8 Å². The van der Waals surface area contributed by atoms with Crippen LogP contribution in [0.4, 0.5) is 0 Å². The second kappa shape index (κ2) is 10.6. The lowest BCUT2D eigenvalue weighted by atomic mass is 10.2. The van der Waals surface area contributed by atoms with Gasteiger partial charge in [-0.15, -0.1) is 0 Å². The molecule has 2 N–H and O–H groups in total. The first kappa shape index (κ1) is 21.6. The summed E-state index contributed by atoms with van der Waals surface area (Å²) in [6.07, 6.45) is 0. The summed E-state index contributed by atoms with van der Waals surface area (Å²) < 4.78 is 16.8. The number of carbonyl (C=O) groups is 2. The number of hydrogen-bond acceptors (Lipinski definition) is 5. The van der Waals surface area contributed by atoms with Gasteiger partial charge in [0.15, 0.2) is 18.1 Å². The third-order valence-electron chi connectivity index (χ3n) is 3.51. The second-order valence-corrected chi connectivity index (χ2v) is 7.15. The number of nitrogens with one attached hydrogen (secondary N) is 2. The summed E-state index contributed by atoms with van der Waals surface area (Å²) in [4.78, 5) is 24.1. The van der Waals surface area contributed by atoms with Gasteiger partial charge in [-0.2, -0.15) is 0 Å². The highest BCUT2D eigenvalue weighted by Gasteiger charge is 2.12. The van der Waals surface area contributed by atoms with Crippen LogP contribution in [0.15, 0.2) is 46.9 Å². The number of methoxy groups -OCH3 is 1. The van der Waals surface area contributed by atoms with Gasteiger partial charge in [-0.3, -0.25) is 20.4 Å². The molecule has 0 atom stereocenters. The number of benzene rings is 2. The van der Waals surface area contributed by atoms with Gasteiger partial charge in [0, 0.05) is 5.56 Å². The predicted octanol–water partition coefficient (Wildman–Crippen LogP) is 3.33. The molecule has 2 aromatic carbocycles. The van der Waals surface area contributed by atoms with Crippen molar-refractivity contribution in [2.24, 2.45) is 5.92 Å². The largest absolute Gasteiger partial charge is 0.493 e. The number of hydrazine groups is 1. The molecule has 0 radical (unpaired) electrons. The van der Waals surface area contributed by atoms with Crippen LogP contribution in [0.3, 0.4) is 0 Å². The smallest absolute Gasteiger partial charge is 0.276 e. The van der Waals surface area contributed by atoms with Crippen molar-refractivity contribution in [1.29, 1.82) is 0 Å². The van der Waals surface area contributed by atoms with E-state index >= 15 is 0 Å². The van der Waals surface area contributed by atoms with Gasteiger partial charge < -0.3 is 14.2 Å². The van der Waals surface area contributed by atoms with Gasteiger partial charge in [-0.25, -0.2) is 0 Å². The fourth-order valence-corrected chi connectivity index (χ4v) is 2.62. The highest BCUT2D eigenvalue weighted by molar-refractivity contribution is 9.10. The molecule has 0 aliphatic rings. The highest BCUT2D eigenvalue weighted by atomic mass is 79.9. The molecular formula is C20H23BrN2O5. The zero-order valence-electron chi connectivity index (χ0n) is 16.0. The van der Waals surface area contributed by atoms with Crippen LogP contribution in [-0.4, -0.2) is 32.1 Å². The molecule has 0 aliphatic heterocycles. The van der Waals surface area contributed by atoms with E-state index in [0.29, 0.717) is 39.8 Å². The molecule has 2 amide bonds. The molecule has 0 heterocycles. The van der Waals surface area contributed by atoms with Crippen molar-refractivity contribution in [2.75, 3.05) is 20.3 Å². The van der Waals surface area contributed by atoms with Crippen LogP contribution in [0.5, 0.6) is 17.2 Å². The van der Waals surface area contributed by atoms with Crippen LogP contribution >= 0.6 is 15.9 Å². The van der Waals surface area contributed by atoms with Crippen molar-refractivity contribution in [3.05, 3.63) is 52.5 Å². The number of amides is 2. The van der Waals surface area contributed by atoms with E-state index in [0.717, 1.165) is 0 Å². The molecular weight excluding hydrogens is 428 g/mol. The number of para-hydroxylation sites is 2. The number of halogens is 1. The van der Waals surface area contributed by atoms with E-state index in [1.807, 2.05) is 0 Å². The highest BCUT2D eigenvalue weighted by Crippen LogP contribution is 2.27. The van der Waals surface area contributed by atoms with E-state index in [1.54, 1.807) is 42.5 Å². The van der Waals surface area contributed by atoms with E-state index in [2.05, 4.69) is 40.6 Å². The molecule has 0 spiro atoms. The topological polar surface area (TPSA) is 85.9 Å². The van der Waals surface area contributed by atoms with Crippen LogP contribution in [0.1, 0.15) is 24.2 Å². The number of rotatable bonds is 8. The third-order valence-corrected chi connectivity index (χ3v) is 4.13. The van der Waals surface area contributed by atoms with E-state index in [1.165, 1.54) is 7.11 Å². The molecule has 150 valence electrons. The lowest BCUT2D eigenvalue weighted by Crippen LogP contribution is -2.43. The minimum atomic E-state index is -0.504. The first-order valence-corrected chi connectivity index (χ1v) is 9.47. The summed E-state index contributed by atoms with van der Waals surface area (Å²) in [7, 11) is 1.51. The summed E-state index contributed by atoms with van der Waals surface area (Å²) in [5.41, 5.74) is 5.03. The average molecular weight is 451 g/mol. The Morgan fingerprint density at radius 3 is 2.36 bits per heavy atom. The Labute approximate surface area is 172 Å². The molecule has 7 nitrogen and oxygen atoms in total. The van der Waals surface area contributed by atoms with Crippen LogP contribution in [0.2, 0.25) is 0 Å². The van der Waals surface area contributed by atoms with Crippen molar-refractivity contribution in [1.82, 2.24) is 10.9 Å². The lowest BCUT2D eigenvalue weighted by Gasteiger charge is -2.12. The van der Waals surface area contributed by atoms with Gasteiger partial charge >= 0.3 is 0 Å². The van der Waals surface area contributed by atoms with Crippen LogP contribution in [-0.2, 0) is 4.79 Å². The van der Waals surface area contributed by atoms with Gasteiger partial charge in [0.05, 0.1) is 18.2 Å². The predicted molar refractivity (Wildman–Crippen MR) is 109 cm³/mol. The molecule has 0 saturated carbocycles. The molecule has 0 aliphatic carbocycles. The van der Waals surface area contributed by atoms with Crippen molar-refractivity contribution < 1.29 is 23.8 Å². The second-order valence-electron chi connectivity index (χ2n) is 6.29. The maximum Gasteiger partial charge on any atom is 0.276 e. The number of hydrogen-bond donors (Lipinski definition) is 2. The fourth-order valence-electron chi connectivity index (χ4n) is 2.13. The third kappa shape index (κ3) is 6.45. The molecule has 0 saturated heterocycles. The summed E-state index contributed by atoms with van der Waals surface area (Å²) in [5.74, 6) is 1.04. The van der Waals surface area contributed by atoms with Gasteiger partial charge in [0.25, 0.3) is 11.8 Å². The summed E-state index contributed by atoms with van der Waals surface area (Å²) in [6, 6.07) is 11.9. The Morgan fingerprint density at radius 1 is 1.00 bits per heavy atom. The van der Waals surface area contributed by atoms with Gasteiger partial charge in [0.1, 0.15) is 5.75 Å². The molecule has 0 aromatic heterocycles. The average Bonchev–Trinajstić information content (AvgIpc) is 2.69. The van der Waals surface area contributed by atoms with Crippen molar-refractivity contribution >= 4 is 27.7 Å². The molecule has 0 bridgehead atoms. The monoisotopic (exact) mass is 450 g/mol. The first-order valence-electron chi connectivity index (χ1n) is 8.68. The minimum Gasteiger partial charge on any atom is -0.493 e. The zero-order chi connectivity index (χ0) is 20.5. The minimum absolute atomic E-state index is 0.272. The molecule has 28 heavy (non-hydrogen) atoms. The van der Waals surface area contributed by atoms with Gasteiger partial charge in [-0.1, -0.05) is 26.0 Å². The Hall–Kier alpha value is -2.74. The van der Waals surface area contributed by atoms with Crippen LogP contribution < -0.4 is 25.1 Å². The van der Waals surface area contributed by atoms with Crippen molar-refractivity contribution in [3.8, 4) is 17.2 Å². The van der Waals surface area contributed by atoms with Gasteiger partial charge in [-0.05, 0) is 52.2 Å². The Bertz CT molecular complexity index is 826. The summed E-state index contributed by atoms with van der Waals surface area (Å²) >= 11 is 3.39. The Morgan fingerprint density at radius 2 is 1.71 bits per heavy atom. The summed E-state index contributed by atoms with van der Waals surface area (Å²) in [5, 5.41) is 0. The normalized spacial score (nSPS) is 10.3. The number of carbonyl (C=O) groups excluding carboxylic acids is 2. The molecule has 0 fully saturated rings. The van der Waals surface area contributed by atoms with E-state index in [4.69, 9.17) is 14.2 Å². The first-order chi connectivity index (χ1) is 13.4. The van der Waals surface area contributed by atoms with Crippen molar-refractivity contribution in [2.45, 2.75) is 13.8 Å². The number of ether oxygens (including phenoxy) is 3. The molecule has 0 unspecified atom stereocenters. The molecule has 8 heteroatoms. The Balaban J connectivity index is 1.84. The zero-order valence-corrected chi connectivity index (χ0v) is 17.5. The fraction of sp³-hybridized carbons (Fsp3) is 0.300. The maximum atomic E-state index is 12.2. The van der Waals surface area contributed by atoms with E-state index in [-0.39, 0.29) is 6.61 Å². The van der Waals surface area contributed by atoms with Crippen molar-refractivity contribution in [3.63, 3.8) is 0 Å². The molecule has 2 rings (SSSR count). The SMILES string of the molecule is COc1ccccc1OCC(=O)NNC(=O)c1ccc(OCC(C)C)c(Br)c1. The standard InChI is InChI=1S/C20H23BrN2O5/c1-13(2)11-27-16-9-8-14(10-15(16)21)20(25)23-22-19(24)12-28-18-7-5-4-6-17(18)26-3/h4-10,13H,11-12H2,1-3H3,(H,22,24)(H,23,25). The van der Waals surface area contributed by atoms with Gasteiger partial charge in [0.2, 0.25) is 0 Å². The van der Waals surface area contributed by atoms with Crippen LogP contribution in [0.25, 0.3) is 0 Å². The van der Waals surface area contributed by atoms with E-state index in [9.17, 15) is 9.59 Å². The molecule has 2 aromatic rings. The maximum absolute atomic E-state index is 12.2. The lowest BCUT2D eigenvalue weighted by molar-refractivity contribution is -0.123. The quantitative estimate of drug-likeness (QED) is 0.602. The summed E-state index contributed by atoms with van der Waals surface area (Å²) in [6.45, 7) is 4.41.